The summed E-state index contributed by atoms with van der Waals surface area (Å²) in [5, 5.41) is 2.95. The molecule has 0 aliphatic heterocycles. The molecule has 128 valence electrons. The van der Waals surface area contributed by atoms with Crippen molar-refractivity contribution in [2.24, 2.45) is 0 Å². The maximum atomic E-state index is 12.4. The highest BCUT2D eigenvalue weighted by molar-refractivity contribution is 6.03. The van der Waals surface area contributed by atoms with Gasteiger partial charge in [0.2, 0.25) is 5.91 Å². The van der Waals surface area contributed by atoms with E-state index in [9.17, 15) is 4.79 Å². The van der Waals surface area contributed by atoms with Crippen LogP contribution in [0.1, 0.15) is 11.3 Å². The average Bonchev–Trinajstić information content (AvgIpc) is 3.30. The topological polar surface area (TPSA) is 59.5 Å². The molecule has 0 atom stereocenters. The van der Waals surface area contributed by atoms with Crippen LogP contribution >= 0.6 is 0 Å². The van der Waals surface area contributed by atoms with Gasteiger partial charge in [-0.05, 0) is 36.8 Å². The first-order chi connectivity index (χ1) is 12.7. The van der Waals surface area contributed by atoms with Gasteiger partial charge in [-0.15, -0.1) is 0 Å². The van der Waals surface area contributed by atoms with E-state index in [1.165, 1.54) is 6.08 Å². The van der Waals surface area contributed by atoms with Crippen molar-refractivity contribution in [1.82, 2.24) is 9.38 Å². The van der Waals surface area contributed by atoms with Crippen LogP contribution in [0.15, 0.2) is 77.6 Å². The number of amides is 1. The third kappa shape index (κ3) is 3.02. The first-order valence-corrected chi connectivity index (χ1v) is 8.28. The van der Waals surface area contributed by atoms with Crippen molar-refractivity contribution in [3.8, 4) is 11.3 Å². The van der Waals surface area contributed by atoms with E-state index in [2.05, 4.69) is 5.32 Å². The predicted molar refractivity (Wildman–Crippen MR) is 102 cm³/mol. The Labute approximate surface area is 150 Å². The van der Waals surface area contributed by atoms with Gasteiger partial charge in [0.15, 0.2) is 0 Å². The van der Waals surface area contributed by atoms with Crippen molar-refractivity contribution in [2.45, 2.75) is 6.92 Å². The Bertz CT molecular complexity index is 1080. The molecule has 0 bridgehead atoms. The van der Waals surface area contributed by atoms with Crippen molar-refractivity contribution in [2.75, 3.05) is 5.32 Å². The fourth-order valence-electron chi connectivity index (χ4n) is 2.82. The third-order valence-electron chi connectivity index (χ3n) is 4.08. The van der Waals surface area contributed by atoms with E-state index in [1.807, 2.05) is 60.0 Å². The standard InChI is InChI=1S/C21H17N3O2/c1-15-7-5-13-24-20(15)23-19(16-8-3-2-4-9-16)21(24)22-18(25)12-11-17-10-6-14-26-17/h2-14H,1H3,(H,22,25)/b12-11+. The number of aromatic nitrogens is 2. The molecule has 4 aromatic rings. The van der Waals surface area contributed by atoms with E-state index in [4.69, 9.17) is 9.40 Å². The molecule has 1 N–H and O–H groups in total. The number of furan rings is 1. The van der Waals surface area contributed by atoms with Crippen LogP contribution < -0.4 is 5.32 Å². The van der Waals surface area contributed by atoms with E-state index >= 15 is 0 Å². The normalized spacial score (nSPS) is 11.3. The maximum Gasteiger partial charge on any atom is 0.249 e. The van der Waals surface area contributed by atoms with Gasteiger partial charge in [0, 0.05) is 17.8 Å². The number of anilines is 1. The quantitative estimate of drug-likeness (QED) is 0.553. The monoisotopic (exact) mass is 343 g/mol. The van der Waals surface area contributed by atoms with E-state index in [-0.39, 0.29) is 5.91 Å². The number of hydrogen-bond acceptors (Lipinski definition) is 3. The van der Waals surface area contributed by atoms with Gasteiger partial charge in [0.25, 0.3) is 0 Å². The van der Waals surface area contributed by atoms with Gasteiger partial charge in [0.05, 0.1) is 6.26 Å². The van der Waals surface area contributed by atoms with Crippen molar-refractivity contribution >= 4 is 23.4 Å². The summed E-state index contributed by atoms with van der Waals surface area (Å²) < 4.78 is 7.11. The number of carbonyl (C=O) groups excluding carboxylic acids is 1. The highest BCUT2D eigenvalue weighted by Gasteiger charge is 2.16. The van der Waals surface area contributed by atoms with Gasteiger partial charge in [-0.2, -0.15) is 0 Å². The van der Waals surface area contributed by atoms with E-state index in [0.717, 1.165) is 22.5 Å². The first-order valence-electron chi connectivity index (χ1n) is 8.28. The molecule has 0 aliphatic carbocycles. The number of aryl methyl sites for hydroxylation is 1. The highest BCUT2D eigenvalue weighted by Crippen LogP contribution is 2.29. The van der Waals surface area contributed by atoms with Crippen molar-refractivity contribution in [1.29, 1.82) is 0 Å². The van der Waals surface area contributed by atoms with Gasteiger partial charge in [-0.25, -0.2) is 4.98 Å². The minimum absolute atomic E-state index is 0.248. The molecule has 4 rings (SSSR count). The number of carbonyl (C=O) groups is 1. The number of benzene rings is 1. The van der Waals surface area contributed by atoms with Crippen LogP contribution in [0.3, 0.4) is 0 Å². The molecular formula is C21H17N3O2. The lowest BCUT2D eigenvalue weighted by Gasteiger charge is -2.06. The SMILES string of the molecule is Cc1cccn2c(NC(=O)/C=C/c3ccco3)c(-c3ccccc3)nc12. The Morgan fingerprint density at radius 1 is 1.12 bits per heavy atom. The molecular weight excluding hydrogens is 326 g/mol. The summed E-state index contributed by atoms with van der Waals surface area (Å²) >= 11 is 0. The lowest BCUT2D eigenvalue weighted by atomic mass is 10.1. The second kappa shape index (κ2) is 6.72. The lowest BCUT2D eigenvalue weighted by Crippen LogP contribution is -2.10. The molecule has 0 spiro atoms. The molecule has 26 heavy (non-hydrogen) atoms. The Balaban J connectivity index is 1.75. The Hall–Kier alpha value is -3.60. The van der Waals surface area contributed by atoms with Crippen LogP contribution in [-0.2, 0) is 4.79 Å². The molecule has 0 unspecified atom stereocenters. The zero-order chi connectivity index (χ0) is 17.9. The van der Waals surface area contributed by atoms with Gasteiger partial charge in [-0.1, -0.05) is 36.4 Å². The molecule has 1 amide bonds. The fourth-order valence-corrected chi connectivity index (χ4v) is 2.82. The Morgan fingerprint density at radius 2 is 1.96 bits per heavy atom. The molecule has 0 aliphatic rings. The summed E-state index contributed by atoms with van der Waals surface area (Å²) in [7, 11) is 0. The molecule has 0 saturated carbocycles. The number of fused-ring (bicyclic) bond motifs is 1. The second-order valence-electron chi connectivity index (χ2n) is 5.90. The van der Waals surface area contributed by atoms with Crippen molar-refractivity contribution < 1.29 is 9.21 Å². The number of nitrogens with one attached hydrogen (secondary N) is 1. The number of pyridine rings is 1. The number of rotatable bonds is 4. The molecule has 1 aromatic carbocycles. The van der Waals surface area contributed by atoms with Gasteiger partial charge in [0.1, 0.15) is 22.9 Å². The van der Waals surface area contributed by atoms with E-state index < -0.39 is 0 Å². The molecule has 5 heteroatoms. The maximum absolute atomic E-state index is 12.4. The number of nitrogens with zero attached hydrogens (tertiary/aromatic N) is 2. The van der Waals surface area contributed by atoms with Crippen LogP contribution in [0.5, 0.6) is 0 Å². The summed E-state index contributed by atoms with van der Waals surface area (Å²) in [6.45, 7) is 2.00. The zero-order valence-corrected chi connectivity index (χ0v) is 14.2. The fraction of sp³-hybridized carbons (Fsp3) is 0.0476. The second-order valence-corrected chi connectivity index (χ2v) is 5.90. The van der Waals surface area contributed by atoms with E-state index in [0.29, 0.717) is 11.6 Å². The van der Waals surface area contributed by atoms with Crippen LogP contribution in [0, 0.1) is 6.92 Å². The highest BCUT2D eigenvalue weighted by atomic mass is 16.3. The van der Waals surface area contributed by atoms with Crippen LogP contribution in [0.4, 0.5) is 5.82 Å². The van der Waals surface area contributed by atoms with Gasteiger partial charge in [-0.3, -0.25) is 9.20 Å². The largest absolute Gasteiger partial charge is 0.465 e. The Morgan fingerprint density at radius 3 is 2.73 bits per heavy atom. The molecule has 0 saturated heterocycles. The minimum atomic E-state index is -0.248. The van der Waals surface area contributed by atoms with Crippen molar-refractivity contribution in [3.05, 3.63) is 84.5 Å². The van der Waals surface area contributed by atoms with Crippen LogP contribution in [-0.4, -0.2) is 15.3 Å². The summed E-state index contributed by atoms with van der Waals surface area (Å²) in [4.78, 5) is 17.2. The summed E-state index contributed by atoms with van der Waals surface area (Å²) in [5.74, 6) is 1.02. The zero-order valence-electron chi connectivity index (χ0n) is 14.2. The summed E-state index contributed by atoms with van der Waals surface area (Å²) in [6, 6.07) is 17.3. The predicted octanol–water partition coefficient (Wildman–Crippen LogP) is 4.55. The molecule has 0 radical (unpaired) electrons. The summed E-state index contributed by atoms with van der Waals surface area (Å²) in [5.41, 5.74) is 3.54. The Kier molecular flexibility index (Phi) is 4.11. The number of imidazole rings is 1. The first kappa shape index (κ1) is 15.9. The lowest BCUT2D eigenvalue weighted by molar-refractivity contribution is -0.111. The minimum Gasteiger partial charge on any atom is -0.465 e. The molecule has 5 nitrogen and oxygen atoms in total. The third-order valence-corrected chi connectivity index (χ3v) is 4.08. The molecule has 3 heterocycles. The summed E-state index contributed by atoms with van der Waals surface area (Å²) in [6.07, 6.45) is 6.54. The smallest absolute Gasteiger partial charge is 0.249 e. The van der Waals surface area contributed by atoms with Crippen molar-refractivity contribution in [3.63, 3.8) is 0 Å². The average molecular weight is 343 g/mol. The number of hydrogen-bond donors (Lipinski definition) is 1. The van der Waals surface area contributed by atoms with E-state index in [1.54, 1.807) is 24.5 Å². The van der Waals surface area contributed by atoms with Gasteiger partial charge >= 0.3 is 0 Å². The molecule has 3 aromatic heterocycles. The van der Waals surface area contributed by atoms with Crippen LogP contribution in [0.2, 0.25) is 0 Å². The van der Waals surface area contributed by atoms with Gasteiger partial charge < -0.3 is 9.73 Å². The van der Waals surface area contributed by atoms with Crippen LogP contribution in [0.25, 0.3) is 23.0 Å². The molecule has 0 fully saturated rings.